The number of hydrazine groups is 1. The Bertz CT molecular complexity index is 438. The molecule has 6 heteroatoms. The van der Waals surface area contributed by atoms with Crippen molar-refractivity contribution in [2.24, 2.45) is 5.84 Å². The van der Waals surface area contributed by atoms with E-state index in [1.54, 1.807) is 13.2 Å². The number of methoxy groups -OCH3 is 1. The predicted octanol–water partition coefficient (Wildman–Crippen LogP) is 1.45. The Labute approximate surface area is 126 Å². The van der Waals surface area contributed by atoms with E-state index in [2.05, 4.69) is 10.7 Å². The maximum Gasteiger partial charge on any atom is 0.253 e. The largest absolute Gasteiger partial charge is 0.382 e. The molecule has 0 aliphatic carbocycles. The molecule has 0 radical (unpaired) electrons. The van der Waals surface area contributed by atoms with Gasteiger partial charge in [0, 0.05) is 20.3 Å². The number of rotatable bonds is 10. The van der Waals surface area contributed by atoms with E-state index in [-0.39, 0.29) is 5.91 Å². The molecule has 1 aromatic rings. The summed E-state index contributed by atoms with van der Waals surface area (Å²) in [5.41, 5.74) is 4.75. The average molecular weight is 295 g/mol. The zero-order chi connectivity index (χ0) is 15.5. The van der Waals surface area contributed by atoms with Crippen molar-refractivity contribution in [1.29, 1.82) is 0 Å². The van der Waals surface area contributed by atoms with Crippen LogP contribution in [0.1, 0.15) is 28.8 Å². The van der Waals surface area contributed by atoms with Crippen LogP contribution in [0.3, 0.4) is 0 Å². The Morgan fingerprint density at radius 1 is 1.24 bits per heavy atom. The lowest BCUT2D eigenvalue weighted by molar-refractivity contribution is 0.0686. The fraction of sp³-hybridized carbons (Fsp3) is 0.533. The first-order chi connectivity index (χ1) is 10.2. The van der Waals surface area contributed by atoms with Gasteiger partial charge in [-0.15, -0.1) is 0 Å². The second kappa shape index (κ2) is 10.1. The number of hydrogen-bond acceptors (Lipinski definition) is 5. The highest BCUT2D eigenvalue weighted by Gasteiger charge is 2.10. The van der Waals surface area contributed by atoms with Gasteiger partial charge in [-0.2, -0.15) is 0 Å². The van der Waals surface area contributed by atoms with E-state index in [4.69, 9.17) is 15.3 Å². The van der Waals surface area contributed by atoms with Gasteiger partial charge in [0.05, 0.1) is 24.5 Å². The van der Waals surface area contributed by atoms with Crippen LogP contribution in [0.5, 0.6) is 0 Å². The minimum atomic E-state index is -0.119. The molecule has 0 aliphatic heterocycles. The maximum absolute atomic E-state index is 12.1. The summed E-state index contributed by atoms with van der Waals surface area (Å²) in [7, 11) is 1.65. The first kappa shape index (κ1) is 17.4. The number of nitrogen functional groups attached to an aromatic ring is 1. The van der Waals surface area contributed by atoms with Crippen LogP contribution in [0.4, 0.5) is 5.69 Å². The van der Waals surface area contributed by atoms with Gasteiger partial charge in [0.1, 0.15) is 0 Å². The molecule has 1 rings (SSSR count). The minimum Gasteiger partial charge on any atom is -0.382 e. The molecule has 0 saturated heterocycles. The lowest BCUT2D eigenvalue weighted by Crippen LogP contribution is -2.26. The van der Waals surface area contributed by atoms with Gasteiger partial charge in [0.25, 0.3) is 5.91 Å². The lowest BCUT2D eigenvalue weighted by atomic mass is 10.1. The molecular formula is C15H25N3O3. The van der Waals surface area contributed by atoms with Gasteiger partial charge in [0.2, 0.25) is 0 Å². The summed E-state index contributed by atoms with van der Waals surface area (Å²) in [4.78, 5) is 12.1. The SMILES string of the molecule is COCCOCCCCNC(=O)c1cc(C)ccc1NN. The van der Waals surface area contributed by atoms with Gasteiger partial charge in [-0.1, -0.05) is 11.6 Å². The van der Waals surface area contributed by atoms with Gasteiger partial charge < -0.3 is 20.2 Å². The molecule has 6 nitrogen and oxygen atoms in total. The minimum absolute atomic E-state index is 0.119. The summed E-state index contributed by atoms with van der Waals surface area (Å²) in [6.07, 6.45) is 1.77. The molecular weight excluding hydrogens is 270 g/mol. The molecule has 21 heavy (non-hydrogen) atoms. The van der Waals surface area contributed by atoms with Crippen LogP contribution in [0.2, 0.25) is 0 Å². The topological polar surface area (TPSA) is 85.6 Å². The second-order valence-electron chi connectivity index (χ2n) is 4.76. The van der Waals surface area contributed by atoms with Crippen molar-refractivity contribution >= 4 is 11.6 Å². The summed E-state index contributed by atoms with van der Waals surface area (Å²) in [5, 5.41) is 2.89. The van der Waals surface area contributed by atoms with Crippen molar-refractivity contribution in [2.75, 3.05) is 38.9 Å². The van der Waals surface area contributed by atoms with E-state index >= 15 is 0 Å². The zero-order valence-corrected chi connectivity index (χ0v) is 12.8. The number of ether oxygens (including phenoxy) is 2. The van der Waals surface area contributed by atoms with Crippen molar-refractivity contribution in [3.63, 3.8) is 0 Å². The molecule has 0 aromatic heterocycles. The number of anilines is 1. The third-order valence-electron chi connectivity index (χ3n) is 3.01. The number of nitrogens with one attached hydrogen (secondary N) is 2. The Morgan fingerprint density at radius 2 is 2.05 bits per heavy atom. The Hall–Kier alpha value is -1.63. The number of benzene rings is 1. The van der Waals surface area contributed by atoms with Crippen molar-refractivity contribution in [3.05, 3.63) is 29.3 Å². The molecule has 0 atom stereocenters. The fourth-order valence-corrected chi connectivity index (χ4v) is 1.84. The Kier molecular flexibility index (Phi) is 8.42. The van der Waals surface area contributed by atoms with E-state index in [0.29, 0.717) is 37.6 Å². The van der Waals surface area contributed by atoms with E-state index in [1.807, 2.05) is 19.1 Å². The molecule has 0 fully saturated rings. The summed E-state index contributed by atoms with van der Waals surface area (Å²) in [6.45, 7) is 4.45. The van der Waals surface area contributed by atoms with Crippen LogP contribution < -0.4 is 16.6 Å². The molecule has 0 saturated carbocycles. The van der Waals surface area contributed by atoms with Crippen LogP contribution in [-0.2, 0) is 9.47 Å². The lowest BCUT2D eigenvalue weighted by Gasteiger charge is -2.10. The third kappa shape index (κ3) is 6.57. The molecule has 0 heterocycles. The maximum atomic E-state index is 12.1. The number of aryl methyl sites for hydroxylation is 1. The number of hydrogen-bond donors (Lipinski definition) is 3. The highest BCUT2D eigenvalue weighted by Crippen LogP contribution is 2.16. The smallest absolute Gasteiger partial charge is 0.253 e. The second-order valence-corrected chi connectivity index (χ2v) is 4.76. The summed E-state index contributed by atoms with van der Waals surface area (Å²) < 4.78 is 10.2. The van der Waals surface area contributed by atoms with E-state index < -0.39 is 0 Å². The summed E-state index contributed by atoms with van der Waals surface area (Å²) in [5.74, 6) is 5.30. The highest BCUT2D eigenvalue weighted by molar-refractivity contribution is 5.99. The van der Waals surface area contributed by atoms with Crippen LogP contribution in [0, 0.1) is 6.92 Å². The van der Waals surface area contributed by atoms with Gasteiger partial charge in [-0.3, -0.25) is 10.6 Å². The van der Waals surface area contributed by atoms with Crippen LogP contribution >= 0.6 is 0 Å². The fourth-order valence-electron chi connectivity index (χ4n) is 1.84. The van der Waals surface area contributed by atoms with Crippen LogP contribution in [0.25, 0.3) is 0 Å². The Morgan fingerprint density at radius 3 is 2.76 bits per heavy atom. The zero-order valence-electron chi connectivity index (χ0n) is 12.8. The highest BCUT2D eigenvalue weighted by atomic mass is 16.5. The third-order valence-corrected chi connectivity index (χ3v) is 3.01. The van der Waals surface area contributed by atoms with Gasteiger partial charge in [-0.25, -0.2) is 0 Å². The molecule has 0 unspecified atom stereocenters. The van der Waals surface area contributed by atoms with Gasteiger partial charge >= 0.3 is 0 Å². The number of nitrogens with two attached hydrogens (primary N) is 1. The van der Waals surface area contributed by atoms with E-state index in [1.165, 1.54) is 0 Å². The number of carbonyl (C=O) groups is 1. The number of amides is 1. The van der Waals surface area contributed by atoms with Crippen molar-refractivity contribution in [2.45, 2.75) is 19.8 Å². The summed E-state index contributed by atoms with van der Waals surface area (Å²) in [6, 6.07) is 5.52. The molecule has 4 N–H and O–H groups in total. The molecule has 118 valence electrons. The van der Waals surface area contributed by atoms with E-state index in [9.17, 15) is 4.79 Å². The predicted molar refractivity (Wildman–Crippen MR) is 83.3 cm³/mol. The number of unbranched alkanes of at least 4 members (excludes halogenated alkanes) is 1. The standard InChI is InChI=1S/C15H25N3O3/c1-12-5-6-14(18-16)13(11-12)15(19)17-7-3-4-8-21-10-9-20-2/h5-6,11,18H,3-4,7-10,16H2,1-2H3,(H,17,19). The van der Waals surface area contributed by atoms with Crippen molar-refractivity contribution in [3.8, 4) is 0 Å². The van der Waals surface area contributed by atoms with E-state index in [0.717, 1.165) is 18.4 Å². The summed E-state index contributed by atoms with van der Waals surface area (Å²) >= 11 is 0. The monoisotopic (exact) mass is 295 g/mol. The number of carbonyl (C=O) groups excluding carboxylic acids is 1. The van der Waals surface area contributed by atoms with Crippen molar-refractivity contribution < 1.29 is 14.3 Å². The molecule has 0 aliphatic rings. The van der Waals surface area contributed by atoms with Gasteiger partial charge in [0.15, 0.2) is 0 Å². The molecule has 0 bridgehead atoms. The van der Waals surface area contributed by atoms with Crippen LogP contribution in [-0.4, -0.2) is 39.4 Å². The normalized spacial score (nSPS) is 10.4. The van der Waals surface area contributed by atoms with Crippen LogP contribution in [0.15, 0.2) is 18.2 Å². The quantitative estimate of drug-likeness (QED) is 0.345. The average Bonchev–Trinajstić information content (AvgIpc) is 2.49. The first-order valence-corrected chi connectivity index (χ1v) is 7.11. The Balaban J connectivity index is 2.26. The molecule has 0 spiro atoms. The molecule has 1 aromatic carbocycles. The van der Waals surface area contributed by atoms with Gasteiger partial charge in [-0.05, 0) is 31.9 Å². The molecule has 1 amide bonds. The first-order valence-electron chi connectivity index (χ1n) is 7.11. The van der Waals surface area contributed by atoms with Crippen molar-refractivity contribution in [1.82, 2.24) is 5.32 Å².